The van der Waals surface area contributed by atoms with Crippen LogP contribution < -0.4 is 15.1 Å². The lowest BCUT2D eigenvalue weighted by Crippen LogP contribution is -2.50. The number of nitrogens with zero attached hydrogens (tertiary/aromatic N) is 3. The van der Waals surface area contributed by atoms with E-state index in [2.05, 4.69) is 68.5 Å². The summed E-state index contributed by atoms with van der Waals surface area (Å²) in [6.07, 6.45) is 0. The van der Waals surface area contributed by atoms with E-state index in [-0.39, 0.29) is 11.9 Å². The van der Waals surface area contributed by atoms with Crippen LogP contribution in [0.2, 0.25) is 10.0 Å². The van der Waals surface area contributed by atoms with Gasteiger partial charge in [0, 0.05) is 63.2 Å². The molecular formula is C27H30Cl2N4O. The fraction of sp³-hybridized carbons (Fsp3) is 0.296. The summed E-state index contributed by atoms with van der Waals surface area (Å²) in [4.78, 5) is 19.9. The van der Waals surface area contributed by atoms with E-state index in [0.717, 1.165) is 31.9 Å². The Labute approximate surface area is 211 Å². The first kappa shape index (κ1) is 24.4. The molecule has 0 spiro atoms. The Morgan fingerprint density at radius 2 is 1.62 bits per heavy atom. The Kier molecular flexibility index (Phi) is 7.99. The van der Waals surface area contributed by atoms with Crippen molar-refractivity contribution in [1.29, 1.82) is 0 Å². The predicted molar refractivity (Wildman–Crippen MR) is 143 cm³/mol. The molecule has 1 atom stereocenters. The monoisotopic (exact) mass is 496 g/mol. The molecule has 1 fully saturated rings. The SMILES string of the molecule is CN(C)c1ccc(C(CNC(=O)c2ccc(Cl)cc2Cl)N2CCN(c3ccccc3)CC2)cc1. The normalized spacial score (nSPS) is 15.1. The van der Waals surface area contributed by atoms with E-state index in [4.69, 9.17) is 23.2 Å². The number of amides is 1. The molecule has 3 aromatic rings. The first-order valence-corrected chi connectivity index (χ1v) is 12.2. The zero-order valence-corrected chi connectivity index (χ0v) is 21.1. The molecule has 3 aromatic carbocycles. The van der Waals surface area contributed by atoms with Crippen LogP contribution in [0.3, 0.4) is 0 Å². The van der Waals surface area contributed by atoms with Gasteiger partial charge < -0.3 is 15.1 Å². The molecule has 0 aromatic heterocycles. The molecule has 1 amide bonds. The standard InChI is InChI=1S/C27H30Cl2N4O/c1-31(2)22-11-8-20(9-12-22)26(19-30-27(34)24-13-10-21(28)18-25(24)29)33-16-14-32(15-17-33)23-6-4-3-5-7-23/h3-13,18,26H,14-17,19H2,1-2H3,(H,30,34). The summed E-state index contributed by atoms with van der Waals surface area (Å²) in [5, 5.41) is 3.97. The molecule has 0 radical (unpaired) electrons. The molecule has 178 valence electrons. The van der Waals surface area contributed by atoms with E-state index >= 15 is 0 Å². The zero-order chi connectivity index (χ0) is 24.1. The number of carbonyl (C=O) groups excluding carboxylic acids is 1. The maximum atomic E-state index is 12.9. The molecule has 1 heterocycles. The van der Waals surface area contributed by atoms with E-state index < -0.39 is 0 Å². The highest BCUT2D eigenvalue weighted by molar-refractivity contribution is 6.36. The Bertz CT molecular complexity index is 1100. The minimum Gasteiger partial charge on any atom is -0.378 e. The molecule has 34 heavy (non-hydrogen) atoms. The van der Waals surface area contributed by atoms with Gasteiger partial charge in [-0.3, -0.25) is 9.69 Å². The molecule has 1 unspecified atom stereocenters. The van der Waals surface area contributed by atoms with Crippen molar-refractivity contribution in [2.45, 2.75) is 6.04 Å². The van der Waals surface area contributed by atoms with Gasteiger partial charge in [0.05, 0.1) is 16.6 Å². The van der Waals surface area contributed by atoms with Gasteiger partial charge in [0.2, 0.25) is 0 Å². The molecule has 1 aliphatic heterocycles. The van der Waals surface area contributed by atoms with Gasteiger partial charge in [-0.05, 0) is 48.0 Å². The van der Waals surface area contributed by atoms with Crippen molar-refractivity contribution in [3.05, 3.63) is 94.0 Å². The molecular weight excluding hydrogens is 467 g/mol. The van der Waals surface area contributed by atoms with Gasteiger partial charge in [-0.25, -0.2) is 0 Å². The molecule has 1 saturated heterocycles. The number of rotatable bonds is 7. The average molecular weight is 497 g/mol. The van der Waals surface area contributed by atoms with Gasteiger partial charge in [-0.15, -0.1) is 0 Å². The van der Waals surface area contributed by atoms with Gasteiger partial charge in [-0.2, -0.15) is 0 Å². The van der Waals surface area contributed by atoms with Crippen LogP contribution in [0.25, 0.3) is 0 Å². The van der Waals surface area contributed by atoms with Crippen molar-refractivity contribution in [3.8, 4) is 0 Å². The zero-order valence-electron chi connectivity index (χ0n) is 19.5. The summed E-state index contributed by atoms with van der Waals surface area (Å²) < 4.78 is 0. The number of hydrogen-bond donors (Lipinski definition) is 1. The molecule has 0 aliphatic carbocycles. The van der Waals surface area contributed by atoms with Crippen LogP contribution in [-0.4, -0.2) is 57.6 Å². The summed E-state index contributed by atoms with van der Waals surface area (Å²) >= 11 is 12.3. The summed E-state index contributed by atoms with van der Waals surface area (Å²) in [7, 11) is 4.07. The molecule has 5 nitrogen and oxygen atoms in total. The van der Waals surface area contributed by atoms with Gasteiger partial charge in [-0.1, -0.05) is 53.5 Å². The van der Waals surface area contributed by atoms with Crippen molar-refractivity contribution in [2.75, 3.05) is 56.6 Å². The highest BCUT2D eigenvalue weighted by atomic mass is 35.5. The quantitative estimate of drug-likeness (QED) is 0.478. The first-order valence-electron chi connectivity index (χ1n) is 11.5. The first-order chi connectivity index (χ1) is 16.4. The molecule has 0 saturated carbocycles. The number of para-hydroxylation sites is 1. The Morgan fingerprint density at radius 3 is 2.24 bits per heavy atom. The van der Waals surface area contributed by atoms with Crippen molar-refractivity contribution in [2.24, 2.45) is 0 Å². The van der Waals surface area contributed by atoms with E-state index in [0.29, 0.717) is 22.2 Å². The van der Waals surface area contributed by atoms with E-state index in [1.165, 1.54) is 11.3 Å². The van der Waals surface area contributed by atoms with Crippen molar-refractivity contribution < 1.29 is 4.79 Å². The maximum Gasteiger partial charge on any atom is 0.252 e. The van der Waals surface area contributed by atoms with Gasteiger partial charge >= 0.3 is 0 Å². The summed E-state index contributed by atoms with van der Waals surface area (Å²) in [5.41, 5.74) is 4.01. The summed E-state index contributed by atoms with van der Waals surface area (Å²) in [6.45, 7) is 4.18. The number of anilines is 2. The lowest BCUT2D eigenvalue weighted by atomic mass is 10.0. The number of halogens is 2. The molecule has 7 heteroatoms. The van der Waals surface area contributed by atoms with Crippen LogP contribution in [0, 0.1) is 0 Å². The second-order valence-electron chi connectivity index (χ2n) is 8.69. The van der Waals surface area contributed by atoms with E-state index in [1.807, 2.05) is 20.2 Å². The van der Waals surface area contributed by atoms with Gasteiger partial charge in [0.1, 0.15) is 0 Å². The van der Waals surface area contributed by atoms with E-state index in [9.17, 15) is 4.79 Å². The lowest BCUT2D eigenvalue weighted by molar-refractivity contribution is 0.0930. The molecule has 0 bridgehead atoms. The number of hydrogen-bond acceptors (Lipinski definition) is 4. The van der Waals surface area contributed by atoms with Crippen LogP contribution in [0.15, 0.2) is 72.8 Å². The van der Waals surface area contributed by atoms with Crippen LogP contribution in [0.1, 0.15) is 22.0 Å². The number of nitrogens with one attached hydrogen (secondary N) is 1. The largest absolute Gasteiger partial charge is 0.378 e. The fourth-order valence-corrected chi connectivity index (χ4v) is 4.84. The Balaban J connectivity index is 1.49. The second-order valence-corrected chi connectivity index (χ2v) is 9.54. The number of piperazine rings is 1. The van der Waals surface area contributed by atoms with Crippen molar-refractivity contribution in [1.82, 2.24) is 10.2 Å². The highest BCUT2D eigenvalue weighted by Crippen LogP contribution is 2.26. The Morgan fingerprint density at radius 1 is 0.941 bits per heavy atom. The van der Waals surface area contributed by atoms with Crippen LogP contribution in [0.5, 0.6) is 0 Å². The summed E-state index contributed by atoms with van der Waals surface area (Å²) in [6, 6.07) is 24.1. The average Bonchev–Trinajstić information content (AvgIpc) is 2.85. The van der Waals surface area contributed by atoms with E-state index in [1.54, 1.807) is 18.2 Å². The molecule has 1 aliphatic rings. The van der Waals surface area contributed by atoms with Gasteiger partial charge in [0.25, 0.3) is 5.91 Å². The maximum absolute atomic E-state index is 12.9. The third kappa shape index (κ3) is 5.84. The van der Waals surface area contributed by atoms with Crippen LogP contribution >= 0.6 is 23.2 Å². The minimum atomic E-state index is -0.195. The predicted octanol–water partition coefficient (Wildman–Crippen LogP) is 5.35. The third-order valence-electron chi connectivity index (χ3n) is 6.30. The summed E-state index contributed by atoms with van der Waals surface area (Å²) in [5.74, 6) is -0.195. The topological polar surface area (TPSA) is 38.8 Å². The van der Waals surface area contributed by atoms with Crippen LogP contribution in [0.4, 0.5) is 11.4 Å². The molecule has 1 N–H and O–H groups in total. The second kappa shape index (κ2) is 11.1. The molecule has 4 rings (SSSR count). The number of benzene rings is 3. The minimum absolute atomic E-state index is 0.0594. The van der Waals surface area contributed by atoms with Crippen molar-refractivity contribution in [3.63, 3.8) is 0 Å². The Hall–Kier alpha value is -2.73. The lowest BCUT2D eigenvalue weighted by Gasteiger charge is -2.40. The highest BCUT2D eigenvalue weighted by Gasteiger charge is 2.26. The van der Waals surface area contributed by atoms with Crippen molar-refractivity contribution >= 4 is 40.5 Å². The smallest absolute Gasteiger partial charge is 0.252 e. The van der Waals surface area contributed by atoms with Gasteiger partial charge in [0.15, 0.2) is 0 Å². The van der Waals surface area contributed by atoms with Crippen LogP contribution in [-0.2, 0) is 0 Å². The number of carbonyl (C=O) groups is 1. The third-order valence-corrected chi connectivity index (χ3v) is 6.85. The fourth-order valence-electron chi connectivity index (χ4n) is 4.34.